The minimum atomic E-state index is -1.30. The summed E-state index contributed by atoms with van der Waals surface area (Å²) in [5, 5.41) is 0.535. The van der Waals surface area contributed by atoms with Gasteiger partial charge in [0, 0.05) is 37.2 Å². The van der Waals surface area contributed by atoms with Crippen LogP contribution in [-0.4, -0.2) is 47.1 Å². The molecule has 0 aliphatic carbocycles. The molecular formula is C21H21ClN4O3. The number of hydrogen-bond acceptors (Lipinski definition) is 6. The number of hydrogen-bond donors (Lipinski definition) is 1. The lowest BCUT2D eigenvalue weighted by Gasteiger charge is -2.52. The number of likely N-dealkylation sites (N-methyl/N-ethyl adjacent to an activating group) is 1. The summed E-state index contributed by atoms with van der Waals surface area (Å²) in [5.41, 5.74) is 6.19. The molecule has 3 atom stereocenters. The second-order valence-corrected chi connectivity index (χ2v) is 8.29. The van der Waals surface area contributed by atoms with Crippen LogP contribution in [0.25, 0.3) is 11.1 Å². The molecule has 1 aromatic carbocycles. The summed E-state index contributed by atoms with van der Waals surface area (Å²) in [6, 6.07) is 7.55. The number of guanidine groups is 1. The van der Waals surface area contributed by atoms with Crippen molar-refractivity contribution in [3.05, 3.63) is 47.2 Å². The molecule has 0 saturated carbocycles. The van der Waals surface area contributed by atoms with Crippen molar-refractivity contribution < 1.29 is 14.3 Å². The quantitative estimate of drug-likeness (QED) is 0.777. The van der Waals surface area contributed by atoms with Crippen LogP contribution in [0, 0.1) is 0 Å². The Morgan fingerprint density at radius 1 is 1.28 bits per heavy atom. The van der Waals surface area contributed by atoms with Crippen LogP contribution in [0.2, 0.25) is 5.02 Å². The summed E-state index contributed by atoms with van der Waals surface area (Å²) in [6.45, 7) is 2.44. The highest BCUT2D eigenvalue weighted by molar-refractivity contribution is 6.30. The van der Waals surface area contributed by atoms with E-state index >= 15 is 0 Å². The second-order valence-electron chi connectivity index (χ2n) is 7.85. The number of halogens is 1. The molecule has 2 aromatic rings. The second kappa shape index (κ2) is 6.18. The van der Waals surface area contributed by atoms with Crippen molar-refractivity contribution in [3.63, 3.8) is 0 Å². The number of ether oxygens (including phenoxy) is 2. The van der Waals surface area contributed by atoms with Gasteiger partial charge in [0.25, 0.3) is 5.91 Å². The molecule has 2 N–H and O–H groups in total. The van der Waals surface area contributed by atoms with Gasteiger partial charge in [-0.1, -0.05) is 17.7 Å². The normalized spacial score (nSPS) is 30.6. The summed E-state index contributed by atoms with van der Waals surface area (Å²) >= 11 is 6.13. The highest BCUT2D eigenvalue weighted by atomic mass is 35.5. The number of rotatable bonds is 1. The monoisotopic (exact) mass is 412 g/mol. The van der Waals surface area contributed by atoms with E-state index in [1.54, 1.807) is 19.4 Å². The first-order chi connectivity index (χ1) is 13.9. The van der Waals surface area contributed by atoms with Gasteiger partial charge in [-0.3, -0.25) is 14.7 Å². The van der Waals surface area contributed by atoms with Gasteiger partial charge in [0.2, 0.25) is 5.54 Å². The number of pyridine rings is 1. The number of amides is 1. The minimum absolute atomic E-state index is 0.173. The Balaban J connectivity index is 1.77. The van der Waals surface area contributed by atoms with Crippen molar-refractivity contribution in [3.8, 4) is 16.9 Å². The Morgan fingerprint density at radius 2 is 2.10 bits per heavy atom. The molecule has 7 nitrogen and oxygen atoms in total. The molecule has 8 heteroatoms. The van der Waals surface area contributed by atoms with E-state index in [9.17, 15) is 4.79 Å². The van der Waals surface area contributed by atoms with Gasteiger partial charge >= 0.3 is 0 Å². The van der Waals surface area contributed by atoms with Gasteiger partial charge in [-0.2, -0.15) is 0 Å². The van der Waals surface area contributed by atoms with E-state index in [1.807, 2.05) is 31.2 Å². The van der Waals surface area contributed by atoms with Gasteiger partial charge in [0.1, 0.15) is 17.5 Å². The molecule has 1 amide bonds. The third-order valence-electron chi connectivity index (χ3n) is 6.26. The molecule has 4 heterocycles. The average Bonchev–Trinajstić information content (AvgIpc) is 2.94. The number of benzene rings is 1. The zero-order valence-corrected chi connectivity index (χ0v) is 16.9. The maximum absolute atomic E-state index is 13.6. The molecule has 1 saturated heterocycles. The van der Waals surface area contributed by atoms with Crippen LogP contribution in [-0.2, 0) is 15.1 Å². The van der Waals surface area contributed by atoms with Crippen LogP contribution in [0.5, 0.6) is 5.75 Å². The first kappa shape index (κ1) is 18.4. The van der Waals surface area contributed by atoms with Crippen molar-refractivity contribution in [1.82, 2.24) is 9.88 Å². The molecule has 1 unspecified atom stereocenters. The van der Waals surface area contributed by atoms with Gasteiger partial charge in [-0.05, 0) is 43.5 Å². The van der Waals surface area contributed by atoms with Gasteiger partial charge < -0.3 is 15.2 Å². The number of carbonyl (C=O) groups is 1. The van der Waals surface area contributed by atoms with Crippen molar-refractivity contribution in [2.24, 2.45) is 10.7 Å². The van der Waals surface area contributed by atoms with Gasteiger partial charge in [-0.25, -0.2) is 4.99 Å². The molecule has 3 aliphatic rings. The van der Waals surface area contributed by atoms with E-state index in [2.05, 4.69) is 4.98 Å². The highest BCUT2D eigenvalue weighted by Gasteiger charge is 2.68. The molecule has 1 aromatic heterocycles. The van der Waals surface area contributed by atoms with Crippen molar-refractivity contribution in [1.29, 1.82) is 0 Å². The van der Waals surface area contributed by atoms with E-state index in [0.717, 1.165) is 24.0 Å². The Hall–Kier alpha value is -2.64. The minimum Gasteiger partial charge on any atom is -0.487 e. The molecule has 1 spiro atoms. The fourth-order valence-corrected chi connectivity index (χ4v) is 4.83. The fraction of sp³-hybridized carbons (Fsp3) is 0.381. The number of fused-ring (bicyclic) bond motifs is 4. The highest BCUT2D eigenvalue weighted by Crippen LogP contribution is 2.55. The predicted octanol–water partition coefficient (Wildman–Crippen LogP) is 2.71. The van der Waals surface area contributed by atoms with Crippen LogP contribution in [0.15, 0.2) is 41.7 Å². The van der Waals surface area contributed by atoms with E-state index in [1.165, 1.54) is 4.90 Å². The Labute approximate surface area is 173 Å². The topological polar surface area (TPSA) is 90.0 Å². The lowest BCUT2D eigenvalue weighted by Crippen LogP contribution is -2.67. The van der Waals surface area contributed by atoms with Crippen LogP contribution in [0.4, 0.5) is 0 Å². The summed E-state index contributed by atoms with van der Waals surface area (Å²) in [4.78, 5) is 23.9. The Bertz CT molecular complexity index is 1060. The van der Waals surface area contributed by atoms with Crippen LogP contribution in [0.1, 0.15) is 25.3 Å². The molecule has 150 valence electrons. The molecule has 29 heavy (non-hydrogen) atoms. The average molecular weight is 413 g/mol. The van der Waals surface area contributed by atoms with Gasteiger partial charge in [-0.15, -0.1) is 0 Å². The Morgan fingerprint density at radius 3 is 2.83 bits per heavy atom. The maximum atomic E-state index is 13.6. The third-order valence-corrected chi connectivity index (χ3v) is 6.47. The third kappa shape index (κ3) is 2.37. The molecule has 1 fully saturated rings. The van der Waals surface area contributed by atoms with E-state index in [0.29, 0.717) is 22.9 Å². The standard InChI is InChI=1S/C21H21ClN4O3/c1-20-17(4-3-7-28-20)29-16-6-5-12(13-8-14(22)11-24-10-13)9-15(16)21(20)18(27)26(2)19(23)25-21/h5-6,8-11,17H,3-4,7H2,1-2H3,(H2,23,25)/t17?,20-,21+/m0/s1. The SMILES string of the molecule is CN1C(=O)[C@]2(N=C1N)c1cc(-c3cncc(Cl)c3)ccc1OC1CCCO[C@@]12C. The van der Waals surface area contributed by atoms with Crippen molar-refractivity contribution in [2.75, 3.05) is 13.7 Å². The zero-order chi connectivity index (χ0) is 20.4. The Kier molecular flexibility index (Phi) is 3.92. The van der Waals surface area contributed by atoms with Crippen LogP contribution >= 0.6 is 11.6 Å². The largest absolute Gasteiger partial charge is 0.487 e. The first-order valence-corrected chi connectivity index (χ1v) is 9.94. The van der Waals surface area contributed by atoms with Crippen molar-refractivity contribution >= 4 is 23.5 Å². The first-order valence-electron chi connectivity index (χ1n) is 9.56. The zero-order valence-electron chi connectivity index (χ0n) is 16.2. The van der Waals surface area contributed by atoms with E-state index < -0.39 is 11.1 Å². The number of aromatic nitrogens is 1. The number of carbonyl (C=O) groups excluding carboxylic acids is 1. The van der Waals surface area contributed by atoms with Crippen LogP contribution in [0.3, 0.4) is 0 Å². The number of nitrogens with zero attached hydrogens (tertiary/aromatic N) is 3. The molecular weight excluding hydrogens is 392 g/mol. The lowest BCUT2D eigenvalue weighted by atomic mass is 9.68. The molecule has 3 aliphatic heterocycles. The smallest absolute Gasteiger partial charge is 0.265 e. The predicted molar refractivity (Wildman–Crippen MR) is 109 cm³/mol. The molecule has 0 bridgehead atoms. The maximum Gasteiger partial charge on any atom is 0.265 e. The van der Waals surface area contributed by atoms with Gasteiger partial charge in [0.05, 0.1) is 5.02 Å². The summed E-state index contributed by atoms with van der Waals surface area (Å²) in [6.07, 6.45) is 4.65. The summed E-state index contributed by atoms with van der Waals surface area (Å²) < 4.78 is 12.5. The van der Waals surface area contributed by atoms with Gasteiger partial charge in [0.15, 0.2) is 5.96 Å². The summed E-state index contributed by atoms with van der Waals surface area (Å²) in [5.74, 6) is 0.582. The number of nitrogens with two attached hydrogens (primary N) is 1. The van der Waals surface area contributed by atoms with E-state index in [4.69, 9.17) is 31.8 Å². The van der Waals surface area contributed by atoms with Crippen LogP contribution < -0.4 is 10.5 Å². The lowest BCUT2D eigenvalue weighted by molar-refractivity contribution is -0.191. The van der Waals surface area contributed by atoms with E-state index in [-0.39, 0.29) is 18.0 Å². The number of aliphatic imine (C=N–C) groups is 1. The fourth-order valence-electron chi connectivity index (χ4n) is 4.66. The van der Waals surface area contributed by atoms with Crippen molar-refractivity contribution in [2.45, 2.75) is 37.0 Å². The molecule has 0 radical (unpaired) electrons. The molecule has 5 rings (SSSR count). The summed E-state index contributed by atoms with van der Waals surface area (Å²) in [7, 11) is 1.64.